The first-order chi connectivity index (χ1) is 15.6. The molecule has 0 spiro atoms. The highest BCUT2D eigenvalue weighted by molar-refractivity contribution is 9.10. The average Bonchev–Trinajstić information content (AvgIpc) is 3.16. The molecule has 0 unspecified atom stereocenters. The minimum absolute atomic E-state index is 0.100. The smallest absolute Gasteiger partial charge is 0.338 e. The van der Waals surface area contributed by atoms with Crippen LogP contribution in [0.3, 0.4) is 0 Å². The standard InChI is InChI=1S/C20H16BrF2N3O6S/c1-31-3-2-26-8-12-11-6-16(15(23)7-14(11)22)25-33(29,30)18-5-10(4-13(21)19(18)27)20(28)32-9-17(12)24-26/h4-8,25,27H,2-3,9H2,1H3. The van der Waals surface area contributed by atoms with Gasteiger partial charge < -0.3 is 14.6 Å². The third-order valence-corrected chi connectivity index (χ3v) is 6.83. The molecule has 1 aliphatic rings. The van der Waals surface area contributed by atoms with Gasteiger partial charge in [0, 0.05) is 30.5 Å². The van der Waals surface area contributed by atoms with E-state index in [0.717, 1.165) is 12.1 Å². The predicted octanol–water partition coefficient (Wildman–Crippen LogP) is 3.41. The molecule has 1 aliphatic heterocycles. The van der Waals surface area contributed by atoms with Crippen LogP contribution in [0.25, 0.3) is 11.1 Å². The number of phenols is 1. The van der Waals surface area contributed by atoms with E-state index in [1.807, 2.05) is 4.72 Å². The lowest BCUT2D eigenvalue weighted by atomic mass is 10.0. The quantitative estimate of drug-likeness (QED) is 0.485. The first kappa shape index (κ1) is 23.1. The number of aromatic nitrogens is 2. The summed E-state index contributed by atoms with van der Waals surface area (Å²) in [6.45, 7) is 0.212. The maximum Gasteiger partial charge on any atom is 0.338 e. The van der Waals surface area contributed by atoms with Gasteiger partial charge in [-0.05, 0) is 34.1 Å². The maximum absolute atomic E-state index is 14.8. The molecule has 0 saturated carbocycles. The summed E-state index contributed by atoms with van der Waals surface area (Å²) in [5.41, 5.74) is -0.587. The van der Waals surface area contributed by atoms with Gasteiger partial charge in [-0.2, -0.15) is 5.10 Å². The van der Waals surface area contributed by atoms with Gasteiger partial charge in [-0.25, -0.2) is 22.0 Å². The number of nitrogens with one attached hydrogen (secondary N) is 1. The molecule has 0 saturated heterocycles. The summed E-state index contributed by atoms with van der Waals surface area (Å²) in [6, 6.07) is 3.57. The highest BCUT2D eigenvalue weighted by atomic mass is 79.9. The van der Waals surface area contributed by atoms with Crippen LogP contribution >= 0.6 is 15.9 Å². The zero-order valence-corrected chi connectivity index (χ0v) is 19.3. The second-order valence-electron chi connectivity index (χ2n) is 7.04. The number of esters is 1. The molecule has 0 fully saturated rings. The van der Waals surface area contributed by atoms with Crippen LogP contribution < -0.4 is 4.72 Å². The number of halogens is 3. The van der Waals surface area contributed by atoms with Gasteiger partial charge in [0.1, 0.15) is 34.6 Å². The molecule has 2 aromatic carbocycles. The first-order valence-electron chi connectivity index (χ1n) is 9.38. The van der Waals surface area contributed by atoms with Gasteiger partial charge in [0.25, 0.3) is 10.0 Å². The highest BCUT2D eigenvalue weighted by Gasteiger charge is 2.27. The molecule has 174 valence electrons. The van der Waals surface area contributed by atoms with E-state index in [2.05, 4.69) is 21.0 Å². The summed E-state index contributed by atoms with van der Waals surface area (Å²) < 4.78 is 68.8. The minimum atomic E-state index is -4.59. The van der Waals surface area contributed by atoms with Crippen LogP contribution in [0.5, 0.6) is 5.75 Å². The van der Waals surface area contributed by atoms with Gasteiger partial charge in [0.2, 0.25) is 0 Å². The van der Waals surface area contributed by atoms with Gasteiger partial charge in [-0.15, -0.1) is 0 Å². The monoisotopic (exact) mass is 543 g/mol. The summed E-state index contributed by atoms with van der Waals surface area (Å²) in [6.07, 6.45) is 1.46. The number of ether oxygens (including phenoxy) is 2. The van der Waals surface area contributed by atoms with E-state index >= 15 is 0 Å². The van der Waals surface area contributed by atoms with Crippen molar-refractivity contribution in [1.82, 2.24) is 9.78 Å². The zero-order valence-electron chi connectivity index (χ0n) is 16.9. The third kappa shape index (κ3) is 4.43. The Labute approximate surface area is 195 Å². The van der Waals surface area contributed by atoms with Crippen LogP contribution in [0.2, 0.25) is 0 Å². The Morgan fingerprint density at radius 1 is 1.24 bits per heavy atom. The molecular weight excluding hydrogens is 528 g/mol. The maximum atomic E-state index is 14.8. The highest BCUT2D eigenvalue weighted by Crippen LogP contribution is 2.36. The number of hydrogen-bond acceptors (Lipinski definition) is 7. The van der Waals surface area contributed by atoms with E-state index in [0.29, 0.717) is 19.2 Å². The minimum Gasteiger partial charge on any atom is -0.505 e. The first-order valence-corrected chi connectivity index (χ1v) is 11.7. The van der Waals surface area contributed by atoms with E-state index in [9.17, 15) is 27.1 Å². The number of anilines is 1. The van der Waals surface area contributed by atoms with Gasteiger partial charge in [0.15, 0.2) is 0 Å². The molecule has 4 bridgehead atoms. The third-order valence-electron chi connectivity index (χ3n) is 4.85. The van der Waals surface area contributed by atoms with E-state index in [1.54, 1.807) is 0 Å². The van der Waals surface area contributed by atoms with Crippen molar-refractivity contribution in [3.63, 3.8) is 0 Å². The van der Waals surface area contributed by atoms with Crippen molar-refractivity contribution in [3.05, 3.63) is 57.8 Å². The lowest BCUT2D eigenvalue weighted by Gasteiger charge is -2.13. The Morgan fingerprint density at radius 2 is 2.00 bits per heavy atom. The Morgan fingerprint density at radius 3 is 2.73 bits per heavy atom. The van der Waals surface area contributed by atoms with Crippen LogP contribution in [0.15, 0.2) is 39.8 Å². The molecule has 33 heavy (non-hydrogen) atoms. The molecule has 0 aliphatic carbocycles. The van der Waals surface area contributed by atoms with E-state index in [-0.39, 0.29) is 33.5 Å². The average molecular weight is 544 g/mol. The van der Waals surface area contributed by atoms with Crippen molar-refractivity contribution in [2.75, 3.05) is 18.4 Å². The number of aromatic hydroxyl groups is 1. The van der Waals surface area contributed by atoms with Gasteiger partial charge in [-0.3, -0.25) is 9.40 Å². The number of carbonyl (C=O) groups is 1. The van der Waals surface area contributed by atoms with Crippen molar-refractivity contribution in [2.45, 2.75) is 18.0 Å². The van der Waals surface area contributed by atoms with Gasteiger partial charge in [0.05, 0.1) is 28.9 Å². The second kappa shape index (κ2) is 8.72. The summed E-state index contributed by atoms with van der Waals surface area (Å²) >= 11 is 3.00. The fourth-order valence-corrected chi connectivity index (χ4v) is 5.03. The fourth-order valence-electron chi connectivity index (χ4n) is 3.24. The van der Waals surface area contributed by atoms with Gasteiger partial charge >= 0.3 is 5.97 Å². The lowest BCUT2D eigenvalue weighted by Crippen LogP contribution is -2.16. The Hall–Kier alpha value is -3.03. The number of rotatable bonds is 3. The molecule has 1 aromatic heterocycles. The normalized spacial score (nSPS) is 14.8. The lowest BCUT2D eigenvalue weighted by molar-refractivity contribution is 0.0467. The van der Waals surface area contributed by atoms with Crippen LogP contribution in [0.1, 0.15) is 16.1 Å². The molecule has 3 aromatic rings. The predicted molar refractivity (Wildman–Crippen MR) is 115 cm³/mol. The number of methoxy groups -OCH3 is 1. The van der Waals surface area contributed by atoms with Crippen molar-refractivity contribution in [3.8, 4) is 16.9 Å². The topological polar surface area (TPSA) is 120 Å². The number of phenolic OH excluding ortho intramolecular Hbond substituents is 1. The molecule has 13 heteroatoms. The molecule has 0 atom stereocenters. The number of carbonyl (C=O) groups excluding carboxylic acids is 1. The van der Waals surface area contributed by atoms with Crippen molar-refractivity contribution < 1.29 is 36.6 Å². The van der Waals surface area contributed by atoms with Crippen molar-refractivity contribution >= 4 is 37.6 Å². The molecule has 2 heterocycles. The Balaban J connectivity index is 1.95. The van der Waals surface area contributed by atoms with Crippen LogP contribution in [0, 0.1) is 11.6 Å². The number of fused-ring (bicyclic) bond motifs is 6. The van der Waals surface area contributed by atoms with Gasteiger partial charge in [-0.1, -0.05) is 0 Å². The van der Waals surface area contributed by atoms with E-state index in [4.69, 9.17) is 9.47 Å². The van der Waals surface area contributed by atoms with E-state index in [1.165, 1.54) is 24.1 Å². The number of hydrogen-bond donors (Lipinski definition) is 2. The summed E-state index contributed by atoms with van der Waals surface area (Å²) in [5, 5.41) is 14.5. The largest absolute Gasteiger partial charge is 0.505 e. The number of sulfonamides is 1. The van der Waals surface area contributed by atoms with Crippen LogP contribution in [0.4, 0.5) is 14.5 Å². The van der Waals surface area contributed by atoms with Crippen molar-refractivity contribution in [1.29, 1.82) is 0 Å². The Bertz CT molecular complexity index is 1380. The van der Waals surface area contributed by atoms with E-state index < -0.39 is 44.0 Å². The Kier molecular flexibility index (Phi) is 6.12. The molecule has 4 rings (SSSR count). The van der Waals surface area contributed by atoms with Crippen molar-refractivity contribution in [2.24, 2.45) is 0 Å². The van der Waals surface area contributed by atoms with Crippen LogP contribution in [-0.2, 0) is 32.6 Å². The number of cyclic esters (lactones) is 1. The molecule has 2 N–H and O–H groups in total. The second-order valence-corrected chi connectivity index (χ2v) is 9.55. The zero-order chi connectivity index (χ0) is 23.9. The van der Waals surface area contributed by atoms with Crippen LogP contribution in [-0.4, -0.2) is 43.0 Å². The molecule has 0 amide bonds. The summed E-state index contributed by atoms with van der Waals surface area (Å²) in [5.74, 6) is -3.77. The fraction of sp³-hybridized carbons (Fsp3) is 0.200. The molecular formula is C20H16BrF2N3O6S. The molecule has 9 nitrogen and oxygen atoms in total. The number of nitrogens with zero attached hydrogens (tertiary/aromatic N) is 2. The molecule has 0 radical (unpaired) electrons. The SMILES string of the molecule is COCCn1cc2c(n1)COC(=O)c1cc(Br)c(O)c(c1)S(=O)(=O)Nc1cc-2c(F)cc1F. The summed E-state index contributed by atoms with van der Waals surface area (Å²) in [7, 11) is -3.10. The summed E-state index contributed by atoms with van der Waals surface area (Å²) in [4.78, 5) is 11.9. The number of benzene rings is 2.